The second kappa shape index (κ2) is 8.76. The number of hydrogen-bond donors (Lipinski definition) is 1. The van der Waals surface area contributed by atoms with E-state index in [0.717, 1.165) is 10.4 Å². The van der Waals surface area contributed by atoms with Crippen LogP contribution >= 0.6 is 23.1 Å². The highest BCUT2D eigenvalue weighted by atomic mass is 32.2. The van der Waals surface area contributed by atoms with E-state index in [4.69, 9.17) is 4.74 Å². The van der Waals surface area contributed by atoms with Crippen molar-refractivity contribution in [1.82, 2.24) is 5.32 Å². The average molecular weight is 459 g/mol. The van der Waals surface area contributed by atoms with Crippen LogP contribution in [-0.4, -0.2) is 41.9 Å². The van der Waals surface area contributed by atoms with Gasteiger partial charge in [0.05, 0.1) is 30.2 Å². The number of nitrogens with one attached hydrogen (secondary N) is 1. The number of aryl methyl sites for hydroxylation is 1. The summed E-state index contributed by atoms with van der Waals surface area (Å²) in [5, 5.41) is 5.37. The number of thioether (sulfide) groups is 1. The maximum absolute atomic E-state index is 13.7. The number of thiophene rings is 1. The first kappa shape index (κ1) is 22.0. The Balaban J connectivity index is 1.83. The normalized spacial score (nSPS) is 27.6. The lowest BCUT2D eigenvalue weighted by molar-refractivity contribution is -0.154. The van der Waals surface area contributed by atoms with Gasteiger partial charge in [-0.15, -0.1) is 11.3 Å². The second-order valence-corrected chi connectivity index (χ2v) is 9.89. The lowest BCUT2D eigenvalue weighted by Gasteiger charge is -2.32. The molecule has 2 aliphatic rings. The first-order valence-corrected chi connectivity index (χ1v) is 12.6. The predicted octanol–water partition coefficient (Wildman–Crippen LogP) is 3.56. The molecule has 0 aliphatic carbocycles. The summed E-state index contributed by atoms with van der Waals surface area (Å²) in [5.41, 5.74) is 0.356. The maximum Gasteiger partial charge on any atom is 0.327 e. The van der Waals surface area contributed by atoms with Crippen LogP contribution in [0.25, 0.3) is 0 Å². The molecule has 2 saturated heterocycles. The van der Waals surface area contributed by atoms with Crippen molar-refractivity contribution in [2.75, 3.05) is 23.5 Å². The van der Waals surface area contributed by atoms with Gasteiger partial charge in [-0.05, 0) is 55.9 Å². The molecular formula is C23H26N2O4S2. The first-order chi connectivity index (χ1) is 14.9. The summed E-state index contributed by atoms with van der Waals surface area (Å²) in [5.74, 6) is -1.85. The number of carbonyl (C=O) groups excluding carboxylic acids is 3. The molecule has 1 N–H and O–H groups in total. The zero-order valence-corrected chi connectivity index (χ0v) is 19.4. The number of ether oxygens (including phenoxy) is 1. The number of esters is 1. The molecular weight excluding hydrogens is 432 g/mol. The highest BCUT2D eigenvalue weighted by Gasteiger charge is 2.68. The van der Waals surface area contributed by atoms with Crippen molar-refractivity contribution in [3.8, 4) is 0 Å². The smallest absolute Gasteiger partial charge is 0.327 e. The SMILES string of the molecule is CCOC(=O)[C@]1(CCSC)N[C@@H](c2cccs2)[C@H]2C(=O)N(c3ccc(C)cc3)C(=O)[C@@H]21. The van der Waals surface area contributed by atoms with Crippen LogP contribution in [-0.2, 0) is 19.1 Å². The summed E-state index contributed by atoms with van der Waals surface area (Å²) in [7, 11) is 0. The number of hydrogen-bond acceptors (Lipinski definition) is 7. The Morgan fingerprint density at radius 2 is 1.97 bits per heavy atom. The molecule has 1 aromatic carbocycles. The number of nitrogens with zero attached hydrogens (tertiary/aromatic N) is 1. The van der Waals surface area contributed by atoms with Crippen molar-refractivity contribution < 1.29 is 19.1 Å². The molecule has 2 amide bonds. The van der Waals surface area contributed by atoms with E-state index < -0.39 is 29.4 Å². The van der Waals surface area contributed by atoms with Gasteiger partial charge in [-0.3, -0.25) is 19.7 Å². The average Bonchev–Trinajstić information content (AvgIpc) is 3.45. The summed E-state index contributed by atoms with van der Waals surface area (Å²) in [4.78, 5) is 42.9. The molecule has 1 aromatic heterocycles. The third kappa shape index (κ3) is 3.60. The van der Waals surface area contributed by atoms with Crippen LogP contribution in [0.4, 0.5) is 5.69 Å². The summed E-state index contributed by atoms with van der Waals surface area (Å²) < 4.78 is 5.45. The highest BCUT2D eigenvalue weighted by Crippen LogP contribution is 2.52. The van der Waals surface area contributed by atoms with Crippen molar-refractivity contribution in [3.05, 3.63) is 52.2 Å². The molecule has 4 atom stereocenters. The maximum atomic E-state index is 13.7. The van der Waals surface area contributed by atoms with E-state index >= 15 is 0 Å². The number of imide groups is 1. The third-order valence-electron chi connectivity index (χ3n) is 6.14. The summed E-state index contributed by atoms with van der Waals surface area (Å²) >= 11 is 3.12. The Morgan fingerprint density at radius 1 is 1.23 bits per heavy atom. The molecule has 31 heavy (non-hydrogen) atoms. The molecule has 164 valence electrons. The molecule has 3 heterocycles. The molecule has 4 rings (SSSR count). The highest BCUT2D eigenvalue weighted by molar-refractivity contribution is 7.98. The lowest BCUT2D eigenvalue weighted by Crippen LogP contribution is -2.57. The lowest BCUT2D eigenvalue weighted by atomic mass is 9.78. The number of carbonyl (C=O) groups is 3. The molecule has 2 aromatic rings. The fourth-order valence-electron chi connectivity index (χ4n) is 4.71. The predicted molar refractivity (Wildman–Crippen MR) is 123 cm³/mol. The number of fused-ring (bicyclic) bond motifs is 1. The van der Waals surface area contributed by atoms with Gasteiger partial charge in [-0.1, -0.05) is 23.8 Å². The zero-order chi connectivity index (χ0) is 22.2. The molecule has 0 spiro atoms. The summed E-state index contributed by atoms with van der Waals surface area (Å²) in [6.45, 7) is 3.92. The Hall–Kier alpha value is -2.16. The van der Waals surface area contributed by atoms with Crippen LogP contribution in [0.1, 0.15) is 29.8 Å². The first-order valence-electron chi connectivity index (χ1n) is 10.4. The third-order valence-corrected chi connectivity index (χ3v) is 7.70. The minimum absolute atomic E-state index is 0.215. The summed E-state index contributed by atoms with van der Waals surface area (Å²) in [6.07, 6.45) is 2.37. The van der Waals surface area contributed by atoms with Crippen LogP contribution in [0.2, 0.25) is 0 Å². The Kier molecular flexibility index (Phi) is 6.23. The van der Waals surface area contributed by atoms with E-state index in [1.807, 2.05) is 42.8 Å². The Bertz CT molecular complexity index is 976. The number of benzene rings is 1. The van der Waals surface area contributed by atoms with Crippen molar-refractivity contribution in [2.45, 2.75) is 31.8 Å². The monoisotopic (exact) mass is 458 g/mol. The van der Waals surface area contributed by atoms with E-state index in [-0.39, 0.29) is 18.4 Å². The van der Waals surface area contributed by atoms with Gasteiger partial charge in [0.1, 0.15) is 5.54 Å². The van der Waals surface area contributed by atoms with Gasteiger partial charge in [-0.2, -0.15) is 11.8 Å². The van der Waals surface area contributed by atoms with E-state index in [2.05, 4.69) is 5.32 Å². The van der Waals surface area contributed by atoms with E-state index in [1.54, 1.807) is 30.8 Å². The number of anilines is 1. The quantitative estimate of drug-likeness (QED) is 0.505. The van der Waals surface area contributed by atoms with Crippen molar-refractivity contribution in [3.63, 3.8) is 0 Å². The van der Waals surface area contributed by atoms with Crippen molar-refractivity contribution in [2.24, 2.45) is 11.8 Å². The molecule has 0 unspecified atom stereocenters. The molecule has 6 nitrogen and oxygen atoms in total. The van der Waals surface area contributed by atoms with Crippen LogP contribution in [0.15, 0.2) is 41.8 Å². The minimum Gasteiger partial charge on any atom is -0.465 e. The van der Waals surface area contributed by atoms with Crippen molar-refractivity contribution >= 4 is 46.6 Å². The Labute approximate surface area is 190 Å². The van der Waals surface area contributed by atoms with Crippen LogP contribution in [0, 0.1) is 18.8 Å². The van der Waals surface area contributed by atoms with Crippen LogP contribution < -0.4 is 10.2 Å². The van der Waals surface area contributed by atoms with Gasteiger partial charge in [0, 0.05) is 4.88 Å². The van der Waals surface area contributed by atoms with Crippen molar-refractivity contribution in [1.29, 1.82) is 0 Å². The van der Waals surface area contributed by atoms with Gasteiger partial charge in [0.2, 0.25) is 11.8 Å². The van der Waals surface area contributed by atoms with Crippen LogP contribution in [0.3, 0.4) is 0 Å². The van der Waals surface area contributed by atoms with Crippen LogP contribution in [0.5, 0.6) is 0 Å². The van der Waals surface area contributed by atoms with Gasteiger partial charge in [0.15, 0.2) is 0 Å². The Morgan fingerprint density at radius 3 is 2.58 bits per heavy atom. The van der Waals surface area contributed by atoms with Gasteiger partial charge in [-0.25, -0.2) is 4.90 Å². The van der Waals surface area contributed by atoms with Gasteiger partial charge in [0.25, 0.3) is 0 Å². The molecule has 2 fully saturated rings. The zero-order valence-electron chi connectivity index (χ0n) is 17.8. The molecule has 0 bridgehead atoms. The fourth-order valence-corrected chi connectivity index (χ4v) is 6.06. The van der Waals surface area contributed by atoms with E-state index in [0.29, 0.717) is 17.9 Å². The molecule has 8 heteroatoms. The second-order valence-electron chi connectivity index (χ2n) is 7.92. The fraction of sp³-hybridized carbons (Fsp3) is 0.435. The van der Waals surface area contributed by atoms with Gasteiger partial charge < -0.3 is 4.74 Å². The molecule has 0 saturated carbocycles. The van der Waals surface area contributed by atoms with Gasteiger partial charge >= 0.3 is 5.97 Å². The molecule has 2 aliphatic heterocycles. The molecule has 0 radical (unpaired) electrons. The largest absolute Gasteiger partial charge is 0.465 e. The topological polar surface area (TPSA) is 75.7 Å². The number of amides is 2. The standard InChI is InChI=1S/C23H26N2O4S2/c1-4-29-22(28)23(11-13-30-3)18-17(19(24-23)16-6-5-12-31-16)20(26)25(21(18)27)15-9-7-14(2)8-10-15/h5-10,12,17-19,24H,4,11,13H2,1-3H3/t17-,18+,19-,23+/m0/s1. The minimum atomic E-state index is -1.23. The van der Waals surface area contributed by atoms with E-state index in [9.17, 15) is 14.4 Å². The van der Waals surface area contributed by atoms with E-state index in [1.165, 1.54) is 16.2 Å². The number of rotatable bonds is 7. The summed E-state index contributed by atoms with van der Waals surface area (Å²) in [6, 6.07) is 10.8.